The van der Waals surface area contributed by atoms with E-state index >= 15 is 0 Å². The van der Waals surface area contributed by atoms with Gasteiger partial charge in [0.2, 0.25) is 11.1 Å². The number of para-hydroxylation sites is 2. The van der Waals surface area contributed by atoms with Gasteiger partial charge in [-0.3, -0.25) is 9.59 Å². The third-order valence-electron chi connectivity index (χ3n) is 4.40. The first-order valence-electron chi connectivity index (χ1n) is 8.48. The second kappa shape index (κ2) is 6.48. The van der Waals surface area contributed by atoms with Crippen molar-refractivity contribution in [1.29, 1.82) is 0 Å². The minimum absolute atomic E-state index is 0.131. The Balaban J connectivity index is 2.20. The van der Waals surface area contributed by atoms with Gasteiger partial charge in [-0.05, 0) is 43.7 Å². The van der Waals surface area contributed by atoms with Crippen molar-refractivity contribution in [3.63, 3.8) is 0 Å². The molecular formula is C22H17NO3. The molecule has 0 radical (unpaired) electrons. The molecule has 0 amide bonds. The Kier molecular flexibility index (Phi) is 4.01. The van der Waals surface area contributed by atoms with Crippen LogP contribution in [0.25, 0.3) is 27.8 Å². The summed E-state index contributed by atoms with van der Waals surface area (Å²) in [6, 6.07) is 18.0. The van der Waals surface area contributed by atoms with Crippen molar-refractivity contribution in [1.82, 2.24) is 4.57 Å². The number of fused-ring (bicyclic) bond motifs is 2. The Morgan fingerprint density at radius 1 is 0.962 bits per heavy atom. The zero-order chi connectivity index (χ0) is 18.1. The summed E-state index contributed by atoms with van der Waals surface area (Å²) >= 11 is 0. The first-order valence-corrected chi connectivity index (χ1v) is 8.48. The Hall–Kier alpha value is -3.40. The Morgan fingerprint density at radius 2 is 1.69 bits per heavy atom. The number of rotatable bonds is 3. The number of hydrogen-bond acceptors (Lipinski definition) is 3. The molecule has 0 bridgehead atoms. The van der Waals surface area contributed by atoms with Gasteiger partial charge >= 0.3 is 0 Å². The van der Waals surface area contributed by atoms with Gasteiger partial charge in [0.25, 0.3) is 5.56 Å². The standard InChI is InChI=1S/C22H17NO3/c1-2-3-9-15-14-18-20(24)17-12-7-8-13-19(17)26-22(18)23(21(15)25)16-10-5-4-6-11-16/h2-8,10-14H,9H2,1H3/b3-2+. The highest BCUT2D eigenvalue weighted by atomic mass is 16.3. The van der Waals surface area contributed by atoms with Crippen LogP contribution >= 0.6 is 0 Å². The molecule has 0 saturated heterocycles. The molecule has 4 rings (SSSR count). The molecule has 26 heavy (non-hydrogen) atoms. The van der Waals surface area contributed by atoms with Crippen LogP contribution in [-0.4, -0.2) is 4.57 Å². The molecule has 0 spiro atoms. The summed E-state index contributed by atoms with van der Waals surface area (Å²) in [5.74, 6) is 0. The van der Waals surface area contributed by atoms with E-state index in [-0.39, 0.29) is 16.7 Å². The fourth-order valence-electron chi connectivity index (χ4n) is 3.11. The third kappa shape index (κ3) is 2.56. The summed E-state index contributed by atoms with van der Waals surface area (Å²) in [5.41, 5.74) is 1.66. The fraction of sp³-hybridized carbons (Fsp3) is 0.0909. The maximum absolute atomic E-state index is 13.1. The van der Waals surface area contributed by atoms with Gasteiger partial charge in [0.05, 0.1) is 16.5 Å². The number of hydrogen-bond donors (Lipinski definition) is 0. The second-order valence-electron chi connectivity index (χ2n) is 6.07. The van der Waals surface area contributed by atoms with Gasteiger partial charge in [-0.25, -0.2) is 4.57 Å². The summed E-state index contributed by atoms with van der Waals surface area (Å²) in [6.45, 7) is 1.90. The minimum atomic E-state index is -0.180. The maximum Gasteiger partial charge on any atom is 0.261 e. The van der Waals surface area contributed by atoms with Crippen molar-refractivity contribution in [2.75, 3.05) is 0 Å². The molecule has 4 heteroatoms. The van der Waals surface area contributed by atoms with Crippen molar-refractivity contribution in [2.24, 2.45) is 0 Å². The predicted molar refractivity (Wildman–Crippen MR) is 104 cm³/mol. The van der Waals surface area contributed by atoms with E-state index in [2.05, 4.69) is 0 Å². The molecule has 128 valence electrons. The SMILES string of the molecule is C/C=C/Cc1cc2c(=O)c3ccccc3oc2n(-c2ccccc2)c1=O. The van der Waals surface area contributed by atoms with E-state index in [1.165, 1.54) is 4.57 Å². The molecule has 0 fully saturated rings. The highest BCUT2D eigenvalue weighted by molar-refractivity contribution is 5.89. The van der Waals surface area contributed by atoms with Crippen LogP contribution in [0.3, 0.4) is 0 Å². The number of benzene rings is 2. The number of aromatic nitrogens is 1. The molecule has 0 aliphatic carbocycles. The first kappa shape index (κ1) is 16.1. The normalized spacial score (nSPS) is 11.6. The van der Waals surface area contributed by atoms with E-state index < -0.39 is 0 Å². The van der Waals surface area contributed by atoms with E-state index in [1.54, 1.807) is 24.3 Å². The van der Waals surface area contributed by atoms with Crippen LogP contribution in [0.2, 0.25) is 0 Å². The Labute approximate surface area is 149 Å². The van der Waals surface area contributed by atoms with Gasteiger partial charge in [0.15, 0.2) is 0 Å². The van der Waals surface area contributed by atoms with E-state index in [1.807, 2.05) is 55.5 Å². The third-order valence-corrected chi connectivity index (χ3v) is 4.40. The summed E-state index contributed by atoms with van der Waals surface area (Å²) in [7, 11) is 0. The van der Waals surface area contributed by atoms with Crippen LogP contribution in [0.15, 0.2) is 86.8 Å². The minimum Gasteiger partial charge on any atom is -0.439 e. The average molecular weight is 343 g/mol. The molecule has 0 unspecified atom stereocenters. The zero-order valence-corrected chi connectivity index (χ0v) is 14.3. The molecule has 4 aromatic rings. The Morgan fingerprint density at radius 3 is 2.46 bits per heavy atom. The van der Waals surface area contributed by atoms with Gasteiger partial charge in [-0.2, -0.15) is 0 Å². The van der Waals surface area contributed by atoms with Gasteiger partial charge in [0.1, 0.15) is 5.58 Å². The zero-order valence-electron chi connectivity index (χ0n) is 14.3. The van der Waals surface area contributed by atoms with Gasteiger partial charge < -0.3 is 4.42 Å². The Bertz CT molecular complexity index is 1250. The lowest BCUT2D eigenvalue weighted by molar-refractivity contribution is 0.626. The van der Waals surface area contributed by atoms with Crippen molar-refractivity contribution in [2.45, 2.75) is 13.3 Å². The van der Waals surface area contributed by atoms with Crippen molar-refractivity contribution >= 4 is 22.1 Å². The molecule has 2 aromatic heterocycles. The topological polar surface area (TPSA) is 52.2 Å². The number of pyridine rings is 1. The van der Waals surface area contributed by atoms with Crippen LogP contribution in [0.5, 0.6) is 0 Å². The van der Waals surface area contributed by atoms with Crippen LogP contribution in [0, 0.1) is 0 Å². The lowest BCUT2D eigenvalue weighted by atomic mass is 10.1. The fourth-order valence-corrected chi connectivity index (χ4v) is 3.11. The average Bonchev–Trinajstić information content (AvgIpc) is 2.68. The number of nitrogens with zero attached hydrogens (tertiary/aromatic N) is 1. The smallest absolute Gasteiger partial charge is 0.261 e. The van der Waals surface area contributed by atoms with Crippen LogP contribution < -0.4 is 11.0 Å². The highest BCUT2D eigenvalue weighted by Gasteiger charge is 2.16. The first-order chi connectivity index (χ1) is 12.7. The van der Waals surface area contributed by atoms with Crippen molar-refractivity contribution in [3.05, 3.63) is 99.0 Å². The molecule has 0 aliphatic heterocycles. The predicted octanol–water partition coefficient (Wildman–Crippen LogP) is 4.22. The second-order valence-corrected chi connectivity index (χ2v) is 6.07. The maximum atomic E-state index is 13.1. The molecule has 4 nitrogen and oxygen atoms in total. The van der Waals surface area contributed by atoms with Crippen LogP contribution in [0.4, 0.5) is 0 Å². The summed E-state index contributed by atoms with van der Waals surface area (Å²) in [5, 5.41) is 0.918. The van der Waals surface area contributed by atoms with E-state index in [9.17, 15) is 9.59 Å². The molecule has 0 saturated carbocycles. The summed E-state index contributed by atoms with van der Waals surface area (Å²) in [4.78, 5) is 26.1. The molecule has 0 atom stereocenters. The molecule has 2 heterocycles. The van der Waals surface area contributed by atoms with E-state index in [0.29, 0.717) is 34.0 Å². The van der Waals surface area contributed by atoms with E-state index in [4.69, 9.17) is 4.42 Å². The van der Waals surface area contributed by atoms with Crippen molar-refractivity contribution in [3.8, 4) is 5.69 Å². The van der Waals surface area contributed by atoms with Crippen LogP contribution in [-0.2, 0) is 6.42 Å². The van der Waals surface area contributed by atoms with Crippen LogP contribution in [0.1, 0.15) is 12.5 Å². The van der Waals surface area contributed by atoms with Crippen molar-refractivity contribution < 1.29 is 4.42 Å². The highest BCUT2D eigenvalue weighted by Crippen LogP contribution is 2.21. The monoisotopic (exact) mass is 343 g/mol. The van der Waals surface area contributed by atoms with Gasteiger partial charge in [-0.1, -0.05) is 42.5 Å². The van der Waals surface area contributed by atoms with Gasteiger partial charge in [0, 0.05) is 5.56 Å². The molecule has 0 N–H and O–H groups in total. The molecule has 0 aliphatic rings. The number of allylic oxidation sites excluding steroid dienone is 2. The lowest BCUT2D eigenvalue weighted by Crippen LogP contribution is -2.24. The molecule has 2 aromatic carbocycles. The molecular weight excluding hydrogens is 326 g/mol. The largest absolute Gasteiger partial charge is 0.439 e. The summed E-state index contributed by atoms with van der Waals surface area (Å²) in [6.07, 6.45) is 4.25. The van der Waals surface area contributed by atoms with E-state index in [0.717, 1.165) is 0 Å². The lowest BCUT2D eigenvalue weighted by Gasteiger charge is -2.12. The summed E-state index contributed by atoms with van der Waals surface area (Å²) < 4.78 is 7.49. The van der Waals surface area contributed by atoms with Gasteiger partial charge in [-0.15, -0.1) is 0 Å². The quantitative estimate of drug-likeness (QED) is 0.413.